The average Bonchev–Trinajstić information content (AvgIpc) is 3.37. The van der Waals surface area contributed by atoms with Gasteiger partial charge in [0.15, 0.2) is 0 Å². The highest BCUT2D eigenvalue weighted by Gasteiger charge is 2.22. The summed E-state index contributed by atoms with van der Waals surface area (Å²) in [6.45, 7) is 32.7. The van der Waals surface area contributed by atoms with E-state index in [4.69, 9.17) is 4.99 Å². The molecule has 2 aliphatic rings. The van der Waals surface area contributed by atoms with Crippen molar-refractivity contribution in [1.29, 1.82) is 0 Å². The highest BCUT2D eigenvalue weighted by Crippen LogP contribution is 2.31. The van der Waals surface area contributed by atoms with Gasteiger partial charge in [0.05, 0.1) is 23.6 Å². The predicted octanol–water partition coefficient (Wildman–Crippen LogP) is 9.85. The molecular formula is C44H70N4O4. The topological polar surface area (TPSA) is 123 Å². The Morgan fingerprint density at radius 3 is 2.10 bits per heavy atom. The van der Waals surface area contributed by atoms with Crippen LogP contribution in [-0.2, 0) is 9.59 Å². The Morgan fingerprint density at radius 2 is 1.60 bits per heavy atom. The third kappa shape index (κ3) is 15.8. The van der Waals surface area contributed by atoms with Crippen LogP contribution in [0, 0.1) is 0 Å². The maximum absolute atomic E-state index is 12.0. The van der Waals surface area contributed by atoms with Gasteiger partial charge in [-0.25, -0.2) is 0 Å². The second-order valence-corrected chi connectivity index (χ2v) is 13.0. The van der Waals surface area contributed by atoms with Crippen LogP contribution in [0.5, 0.6) is 0 Å². The number of aliphatic imine (C=N–C) groups is 2. The number of Topliss-reactive ketones (excluding diaryl/α,β-unsaturated/α-hetero) is 2. The SMILES string of the molecule is C=NC1=C\C(=C(\CC)C(C)O)NC(C)/C=C2\N=C(C/C=C(/CCCC(C)=O)N/C(C(=C)C)=C\C/C(C(C)O)=C\1C)C(CCC(C)=O)=C2C.CC.CC. The molecule has 3 atom stereocenters. The Balaban J connectivity index is 0.00000627. The summed E-state index contributed by atoms with van der Waals surface area (Å²) < 4.78 is 0. The predicted molar refractivity (Wildman–Crippen MR) is 222 cm³/mol. The Labute approximate surface area is 316 Å². The Kier molecular flexibility index (Phi) is 23.3. The van der Waals surface area contributed by atoms with Crippen molar-refractivity contribution in [2.75, 3.05) is 0 Å². The Bertz CT molecular complexity index is 1510. The van der Waals surface area contributed by atoms with Crippen LogP contribution < -0.4 is 10.6 Å². The van der Waals surface area contributed by atoms with Crippen molar-refractivity contribution in [1.82, 2.24) is 10.6 Å². The van der Waals surface area contributed by atoms with Crippen LogP contribution in [0.15, 0.2) is 103 Å². The number of nitrogens with zero attached hydrogens (tertiary/aromatic N) is 2. The van der Waals surface area contributed by atoms with Gasteiger partial charge in [-0.05, 0) is 140 Å². The summed E-state index contributed by atoms with van der Waals surface area (Å²) in [4.78, 5) is 33.3. The van der Waals surface area contributed by atoms with Gasteiger partial charge in [-0.2, -0.15) is 0 Å². The van der Waals surface area contributed by atoms with Gasteiger partial charge in [0.25, 0.3) is 0 Å². The second-order valence-electron chi connectivity index (χ2n) is 13.0. The summed E-state index contributed by atoms with van der Waals surface area (Å²) in [5.74, 6) is 0.276. The van der Waals surface area contributed by atoms with Crippen LogP contribution in [-0.4, -0.2) is 52.5 Å². The first-order valence-electron chi connectivity index (χ1n) is 19.1. The molecule has 2 rings (SSSR count). The van der Waals surface area contributed by atoms with Crippen molar-refractivity contribution in [3.8, 4) is 0 Å². The first-order chi connectivity index (χ1) is 24.6. The summed E-state index contributed by atoms with van der Waals surface area (Å²) in [6, 6.07) is -0.176. The summed E-state index contributed by atoms with van der Waals surface area (Å²) in [6.07, 6.45) is 11.2. The zero-order valence-corrected chi connectivity index (χ0v) is 34.7. The maximum Gasteiger partial charge on any atom is 0.130 e. The van der Waals surface area contributed by atoms with Crippen molar-refractivity contribution < 1.29 is 19.8 Å². The number of carbonyl (C=O) groups excluding carboxylic acids is 2. The fourth-order valence-electron chi connectivity index (χ4n) is 5.98. The largest absolute Gasteiger partial charge is 0.389 e. The number of allylic oxidation sites excluding steroid dienone is 8. The van der Waals surface area contributed by atoms with E-state index in [1.165, 1.54) is 0 Å². The number of aliphatic hydroxyl groups is 2. The van der Waals surface area contributed by atoms with E-state index in [1.54, 1.807) is 27.7 Å². The molecule has 8 heteroatoms. The first kappa shape index (κ1) is 48.1. The Morgan fingerprint density at radius 1 is 0.981 bits per heavy atom. The van der Waals surface area contributed by atoms with E-state index in [0.29, 0.717) is 57.1 Å². The minimum Gasteiger partial charge on any atom is -0.389 e. The molecule has 0 fully saturated rings. The van der Waals surface area contributed by atoms with E-state index in [2.05, 4.69) is 48.0 Å². The zero-order chi connectivity index (χ0) is 40.1. The zero-order valence-electron chi connectivity index (χ0n) is 34.7. The Hall–Kier alpha value is -3.88. The molecule has 2 aliphatic heterocycles. The molecule has 0 amide bonds. The third-order valence-electron chi connectivity index (χ3n) is 8.81. The number of nitrogens with one attached hydrogen (secondary N) is 2. The van der Waals surface area contributed by atoms with E-state index < -0.39 is 12.2 Å². The summed E-state index contributed by atoms with van der Waals surface area (Å²) in [7, 11) is 0. The minimum atomic E-state index is -0.753. The molecule has 3 unspecified atom stereocenters. The third-order valence-corrected chi connectivity index (χ3v) is 8.81. The minimum absolute atomic E-state index is 0.130. The van der Waals surface area contributed by atoms with Crippen molar-refractivity contribution in [2.24, 2.45) is 9.98 Å². The van der Waals surface area contributed by atoms with Crippen LogP contribution in [0.25, 0.3) is 0 Å². The molecule has 2 bridgehead atoms. The maximum atomic E-state index is 12.0. The number of hydrogen-bond donors (Lipinski definition) is 4. The number of hydrogen-bond acceptors (Lipinski definition) is 8. The molecule has 290 valence electrons. The highest BCUT2D eigenvalue weighted by atomic mass is 16.3. The number of aliphatic hydroxyl groups excluding tert-OH is 2. The number of ketones is 2. The van der Waals surface area contributed by atoms with Gasteiger partial charge in [0.2, 0.25) is 0 Å². The number of fused-ring (bicyclic) bond motifs is 1. The van der Waals surface area contributed by atoms with E-state index in [9.17, 15) is 19.8 Å². The van der Waals surface area contributed by atoms with Crippen LogP contribution in [0.2, 0.25) is 0 Å². The van der Waals surface area contributed by atoms with Crippen molar-refractivity contribution in [3.05, 3.63) is 92.8 Å². The van der Waals surface area contributed by atoms with E-state index in [1.807, 2.05) is 67.5 Å². The lowest BCUT2D eigenvalue weighted by molar-refractivity contribution is -0.117. The van der Waals surface area contributed by atoms with Gasteiger partial charge < -0.3 is 30.4 Å². The van der Waals surface area contributed by atoms with Gasteiger partial charge in [0, 0.05) is 48.1 Å². The molecule has 0 saturated heterocycles. The molecule has 0 aromatic carbocycles. The van der Waals surface area contributed by atoms with Gasteiger partial charge in [-0.15, -0.1) is 0 Å². The molecule has 4 N–H and O–H groups in total. The number of carbonyl (C=O) groups is 2. The smallest absolute Gasteiger partial charge is 0.130 e. The summed E-state index contributed by atoms with van der Waals surface area (Å²) in [5, 5.41) is 28.8. The van der Waals surface area contributed by atoms with Crippen LogP contribution >= 0.6 is 0 Å². The molecule has 0 saturated carbocycles. The first-order valence-corrected chi connectivity index (χ1v) is 19.1. The van der Waals surface area contributed by atoms with E-state index in [-0.39, 0.29) is 17.6 Å². The molecule has 8 nitrogen and oxygen atoms in total. The van der Waals surface area contributed by atoms with E-state index >= 15 is 0 Å². The van der Waals surface area contributed by atoms with Crippen LogP contribution in [0.3, 0.4) is 0 Å². The molecule has 0 radical (unpaired) electrons. The monoisotopic (exact) mass is 719 g/mol. The van der Waals surface area contributed by atoms with Gasteiger partial charge in [-0.3, -0.25) is 9.98 Å². The van der Waals surface area contributed by atoms with Crippen LogP contribution in [0.1, 0.15) is 141 Å². The molecule has 0 aliphatic carbocycles. The van der Waals surface area contributed by atoms with Gasteiger partial charge >= 0.3 is 0 Å². The fourth-order valence-corrected chi connectivity index (χ4v) is 5.98. The van der Waals surface area contributed by atoms with Gasteiger partial charge in [0.1, 0.15) is 11.6 Å². The number of rotatable bonds is 12. The molecule has 52 heavy (non-hydrogen) atoms. The van der Waals surface area contributed by atoms with Crippen molar-refractivity contribution in [3.63, 3.8) is 0 Å². The van der Waals surface area contributed by atoms with Crippen molar-refractivity contribution in [2.45, 2.75) is 160 Å². The van der Waals surface area contributed by atoms with Gasteiger partial charge in [-0.1, -0.05) is 53.3 Å². The fraction of sp³-hybridized carbons (Fsp3) is 0.545. The van der Waals surface area contributed by atoms with Crippen molar-refractivity contribution >= 4 is 24.0 Å². The molecule has 0 aromatic heterocycles. The van der Waals surface area contributed by atoms with E-state index in [0.717, 1.165) is 61.9 Å². The average molecular weight is 719 g/mol. The summed E-state index contributed by atoms with van der Waals surface area (Å²) in [5.41, 5.74) is 10.2. The second kappa shape index (κ2) is 25.2. The lowest BCUT2D eigenvalue weighted by Gasteiger charge is -2.21. The standard InChI is InChI=1S/C40H58N4O4.2C2H6/c1-12-33(30(9)47)40-23-38(41-11)28(7)34(31(10)48)19-21-36(24(2)3)43-32(15-13-14-26(5)45)17-20-37-35(18-16-27(6)46)29(8)39(44-37)22-25(4)42-40;2*1-2/h17,21-23,25,30-31,42-43,47-48H,2,11-16,18-20H2,1,3-10H3;2*1-2H3/b32-17-,34-28+,36-21-,38-23-,39-22-,40-33+;;. The van der Waals surface area contributed by atoms with Crippen LogP contribution in [0.4, 0.5) is 0 Å². The lowest BCUT2D eigenvalue weighted by atomic mass is 9.96. The molecule has 2 heterocycles. The molecule has 0 spiro atoms. The highest BCUT2D eigenvalue weighted by molar-refractivity contribution is 6.06. The lowest BCUT2D eigenvalue weighted by Crippen LogP contribution is -2.26. The molecule has 0 aromatic rings. The normalized spacial score (nSPS) is 24.5. The quantitative estimate of drug-likeness (QED) is 0.149. The summed E-state index contributed by atoms with van der Waals surface area (Å²) >= 11 is 0. The molecular weight excluding hydrogens is 649 g/mol.